The summed E-state index contributed by atoms with van der Waals surface area (Å²) in [6, 6.07) is 8.30. The van der Waals surface area contributed by atoms with Crippen molar-refractivity contribution in [3.63, 3.8) is 0 Å². The summed E-state index contributed by atoms with van der Waals surface area (Å²) in [6.45, 7) is 51.6. The molecule has 1 aromatic carbocycles. The zero-order valence-corrected chi connectivity index (χ0v) is 45.3. The first-order valence-electron chi connectivity index (χ1n) is 27.0. The van der Waals surface area contributed by atoms with Crippen molar-refractivity contribution in [1.29, 1.82) is 0 Å². The zero-order chi connectivity index (χ0) is 51.3. The summed E-state index contributed by atoms with van der Waals surface area (Å²) in [5, 5.41) is 28.1. The van der Waals surface area contributed by atoms with E-state index in [0.717, 1.165) is 135 Å². The molecule has 3 rings (SSSR count). The lowest BCUT2D eigenvalue weighted by Gasteiger charge is -2.37. The van der Waals surface area contributed by atoms with Crippen LogP contribution in [0.2, 0.25) is 0 Å². The zero-order valence-electron chi connectivity index (χ0n) is 45.3. The first kappa shape index (κ1) is 60.6. The Kier molecular flexibility index (Phi) is 29.8. The fourth-order valence-corrected chi connectivity index (χ4v) is 9.88. The maximum atomic E-state index is 9.85. The number of aromatic hydroxyl groups is 1. The normalized spacial score (nSPS) is 19.0. The molecule has 2 aliphatic heterocycles. The van der Waals surface area contributed by atoms with E-state index in [2.05, 4.69) is 131 Å². The molecule has 7 unspecified atom stereocenters. The minimum Gasteiger partial charge on any atom is -0.508 e. The average molecular weight is 954 g/mol. The van der Waals surface area contributed by atoms with E-state index in [0.29, 0.717) is 12.1 Å². The van der Waals surface area contributed by atoms with E-state index in [9.17, 15) is 5.11 Å². The molecule has 9 heteroatoms. The van der Waals surface area contributed by atoms with Gasteiger partial charge in [0.25, 0.3) is 0 Å². The molecule has 1 aromatic rings. The third-order valence-electron chi connectivity index (χ3n) is 14.6. The van der Waals surface area contributed by atoms with E-state index in [1.165, 1.54) is 57.9 Å². The van der Waals surface area contributed by atoms with Crippen LogP contribution in [0.3, 0.4) is 0 Å². The largest absolute Gasteiger partial charge is 0.508 e. The molecule has 0 amide bonds. The molecule has 2 aliphatic rings. The molecular weight excluding hydrogens is 849 g/mol. The predicted octanol–water partition coefficient (Wildman–Crippen LogP) is 12.7. The molecule has 0 spiro atoms. The van der Waals surface area contributed by atoms with Crippen LogP contribution in [-0.4, -0.2) is 77.8 Å². The Balaban J connectivity index is 0.00000184. The monoisotopic (exact) mass is 953 g/mol. The van der Waals surface area contributed by atoms with Gasteiger partial charge in [0, 0.05) is 59.4 Å². The molecule has 0 bridgehead atoms. The quantitative estimate of drug-likeness (QED) is 0.0259. The summed E-state index contributed by atoms with van der Waals surface area (Å²) >= 11 is 0. The van der Waals surface area contributed by atoms with Gasteiger partial charge in [-0.1, -0.05) is 137 Å². The number of hydrogen-bond acceptors (Lipinski definition) is 9. The van der Waals surface area contributed by atoms with Crippen molar-refractivity contribution in [2.24, 2.45) is 23.5 Å². The van der Waals surface area contributed by atoms with Crippen molar-refractivity contribution in [2.45, 2.75) is 200 Å². The maximum Gasteiger partial charge on any atom is 0.115 e. The Morgan fingerprint density at radius 3 is 2.00 bits per heavy atom. The van der Waals surface area contributed by atoms with E-state index >= 15 is 0 Å². The highest BCUT2D eigenvalue weighted by atomic mass is 16.3. The van der Waals surface area contributed by atoms with Crippen LogP contribution in [0.15, 0.2) is 123 Å². The van der Waals surface area contributed by atoms with Crippen molar-refractivity contribution < 1.29 is 5.11 Å². The number of nitrogens with two attached hydrogens (primary N) is 1. The number of likely N-dealkylation sites (tertiary alicyclic amines) is 2. The Hall–Kier alpha value is -4.50. The van der Waals surface area contributed by atoms with Gasteiger partial charge in [0.15, 0.2) is 0 Å². The second-order valence-electron chi connectivity index (χ2n) is 21.1. The molecule has 0 radical (unpaired) electrons. The SMILES string of the molecule is C=CNCCCC(NC(=C)CCCCCCCCC(C)CC(C)C)C(=C)NC(CC)C(=C)N1CCCC1C(=C)NC(CCc1ccc(O)cc1)C(=C)NC(C=C)CCC(=C)N.CC1[C@@H](C)CCN1C. The first-order chi connectivity index (χ1) is 32.9. The lowest BCUT2D eigenvalue weighted by atomic mass is 9.93. The molecule has 2 fully saturated rings. The van der Waals surface area contributed by atoms with Gasteiger partial charge in [-0.05, 0) is 146 Å². The van der Waals surface area contributed by atoms with Gasteiger partial charge in [0.2, 0.25) is 0 Å². The van der Waals surface area contributed by atoms with Crippen LogP contribution in [0.5, 0.6) is 5.75 Å². The van der Waals surface area contributed by atoms with Gasteiger partial charge in [0.05, 0.1) is 24.2 Å². The highest BCUT2D eigenvalue weighted by Gasteiger charge is 2.32. The highest BCUT2D eigenvalue weighted by molar-refractivity contribution is 5.27. The third-order valence-corrected chi connectivity index (χ3v) is 14.6. The van der Waals surface area contributed by atoms with Crippen LogP contribution in [0.4, 0.5) is 0 Å². The predicted molar refractivity (Wildman–Crippen MR) is 301 cm³/mol. The number of aryl methyl sites for hydroxylation is 1. The number of allylic oxidation sites excluding steroid dienone is 2. The fourth-order valence-electron chi connectivity index (χ4n) is 9.88. The molecule has 8 atom stereocenters. The van der Waals surface area contributed by atoms with Gasteiger partial charge in [-0.2, -0.15) is 0 Å². The van der Waals surface area contributed by atoms with Gasteiger partial charge in [-0.3, -0.25) is 0 Å². The summed E-state index contributed by atoms with van der Waals surface area (Å²) in [5.74, 6) is 2.82. The van der Waals surface area contributed by atoms with Crippen molar-refractivity contribution in [3.05, 3.63) is 129 Å². The van der Waals surface area contributed by atoms with E-state index in [4.69, 9.17) is 12.3 Å². The van der Waals surface area contributed by atoms with Gasteiger partial charge in [-0.15, -0.1) is 6.58 Å². The number of unbranched alkanes of at least 4 members (excludes halogenated alkanes) is 5. The average Bonchev–Trinajstić information content (AvgIpc) is 3.93. The molecule has 0 saturated carbocycles. The van der Waals surface area contributed by atoms with Crippen molar-refractivity contribution in [1.82, 2.24) is 36.4 Å². The Bertz CT molecular complexity index is 1690. The number of nitrogens with one attached hydrogen (secondary N) is 5. The highest BCUT2D eigenvalue weighted by Crippen LogP contribution is 2.29. The van der Waals surface area contributed by atoms with E-state index in [1.807, 2.05) is 18.2 Å². The van der Waals surface area contributed by atoms with Crippen LogP contribution < -0.4 is 32.3 Å². The number of phenols is 1. The number of phenolic OH excluding ortho intramolecular Hbond substituents is 1. The standard InChI is InChI=1S/C53H89N7O.C7H15N/c1-13-48(32-28-41(7)54)57-43(9)52(35-31-47-29-33-49(61)34-30-47)59-45(11)53-27-23-37-60(53)46(12)50(14-2)58-44(10)51(26-22-36-55-15-3)56-42(8)25-21-19-17-16-18-20-24-40(6)38-39(4)5;1-6-4-5-8(3)7(6)2/h13,15,29-30,33-34,39-40,48,50-53,55-59,61H,1,3,7-12,14,16-28,31-32,35-38,54H2,2,4-6H3;6-7H,4-5H2,1-3H3/t;6-,7?/m.0/s1. The summed E-state index contributed by atoms with van der Waals surface area (Å²) in [4.78, 5) is 4.85. The van der Waals surface area contributed by atoms with Gasteiger partial charge >= 0.3 is 0 Å². The molecule has 0 aromatic heterocycles. The summed E-state index contributed by atoms with van der Waals surface area (Å²) < 4.78 is 0. The molecule has 2 heterocycles. The number of nitrogens with zero attached hydrogens (tertiary/aromatic N) is 2. The summed E-state index contributed by atoms with van der Waals surface area (Å²) in [6.07, 6.45) is 24.4. The lowest BCUT2D eigenvalue weighted by Crippen LogP contribution is -2.47. The van der Waals surface area contributed by atoms with Crippen molar-refractivity contribution in [3.8, 4) is 5.75 Å². The Morgan fingerprint density at radius 1 is 0.768 bits per heavy atom. The molecular formula is C60H104N8O. The number of hydrogen-bond donors (Lipinski definition) is 7. The minimum atomic E-state index is -0.0933. The lowest BCUT2D eigenvalue weighted by molar-refractivity contribution is 0.301. The molecule has 8 N–H and O–H groups in total. The van der Waals surface area contributed by atoms with Crippen LogP contribution in [0.1, 0.15) is 163 Å². The smallest absolute Gasteiger partial charge is 0.115 e. The van der Waals surface area contributed by atoms with Crippen molar-refractivity contribution in [2.75, 3.05) is 26.7 Å². The second kappa shape index (κ2) is 33.9. The van der Waals surface area contributed by atoms with E-state index in [1.54, 1.807) is 18.3 Å². The molecule has 390 valence electrons. The minimum absolute atomic E-state index is 0.00756. The van der Waals surface area contributed by atoms with Crippen LogP contribution in [-0.2, 0) is 6.42 Å². The number of rotatable bonds is 37. The van der Waals surface area contributed by atoms with Crippen LogP contribution >= 0.6 is 0 Å². The van der Waals surface area contributed by atoms with Crippen LogP contribution in [0.25, 0.3) is 0 Å². The summed E-state index contributed by atoms with van der Waals surface area (Å²) in [7, 11) is 2.20. The Labute approximate surface area is 424 Å². The van der Waals surface area contributed by atoms with Gasteiger partial charge < -0.3 is 47.2 Å². The van der Waals surface area contributed by atoms with Crippen LogP contribution in [0, 0.1) is 17.8 Å². The first-order valence-corrected chi connectivity index (χ1v) is 27.0. The second-order valence-corrected chi connectivity index (χ2v) is 21.1. The van der Waals surface area contributed by atoms with E-state index < -0.39 is 0 Å². The van der Waals surface area contributed by atoms with Gasteiger partial charge in [-0.25, -0.2) is 0 Å². The van der Waals surface area contributed by atoms with E-state index in [-0.39, 0.29) is 36.0 Å². The fraction of sp³-hybridized carbons (Fsp3) is 0.633. The summed E-state index contributed by atoms with van der Waals surface area (Å²) in [5.41, 5.74) is 12.6. The molecule has 9 nitrogen and oxygen atoms in total. The van der Waals surface area contributed by atoms with Crippen molar-refractivity contribution >= 4 is 0 Å². The maximum absolute atomic E-state index is 9.85. The molecule has 69 heavy (non-hydrogen) atoms. The molecule has 2 saturated heterocycles. The Morgan fingerprint density at radius 2 is 1.42 bits per heavy atom. The molecule has 0 aliphatic carbocycles. The third kappa shape index (κ3) is 24.3. The number of benzene rings is 1. The van der Waals surface area contributed by atoms with Gasteiger partial charge in [0.1, 0.15) is 5.75 Å². The topological polar surface area (TPSA) is 113 Å².